The van der Waals surface area contributed by atoms with E-state index in [9.17, 15) is 4.79 Å². The highest BCUT2D eigenvalue weighted by Crippen LogP contribution is 2.25. The Bertz CT molecular complexity index is 856. The molecular weight excluding hydrogens is 380 g/mol. The second-order valence-corrected chi connectivity index (χ2v) is 8.09. The van der Waals surface area contributed by atoms with Crippen molar-refractivity contribution in [3.05, 3.63) is 42.2 Å². The van der Waals surface area contributed by atoms with Crippen molar-refractivity contribution in [2.24, 2.45) is 11.8 Å². The normalized spacial score (nSPS) is 19.0. The highest BCUT2D eigenvalue weighted by molar-refractivity contribution is 5.96. The number of anilines is 1. The number of nitrogens with one attached hydrogen (secondary N) is 1. The third-order valence-electron chi connectivity index (χ3n) is 6.09. The van der Waals surface area contributed by atoms with Crippen LogP contribution in [0.1, 0.15) is 37.1 Å². The van der Waals surface area contributed by atoms with E-state index in [-0.39, 0.29) is 17.7 Å². The molecule has 0 radical (unpaired) electrons. The summed E-state index contributed by atoms with van der Waals surface area (Å²) in [5.41, 5.74) is 7.07. The van der Waals surface area contributed by atoms with Gasteiger partial charge in [-0.3, -0.25) is 9.69 Å². The molecule has 3 N–H and O–H groups in total. The van der Waals surface area contributed by atoms with Crippen molar-refractivity contribution in [1.82, 2.24) is 29.7 Å². The van der Waals surface area contributed by atoms with Crippen LogP contribution in [0.15, 0.2) is 30.9 Å². The molecule has 0 aliphatic carbocycles. The first-order valence-corrected chi connectivity index (χ1v) is 10.5. The number of piperidine rings is 2. The lowest BCUT2D eigenvalue weighted by molar-refractivity contribution is -0.138. The molecule has 2 fully saturated rings. The molecule has 4 heterocycles. The third-order valence-corrected chi connectivity index (χ3v) is 6.09. The van der Waals surface area contributed by atoms with Crippen LogP contribution in [-0.4, -0.2) is 67.5 Å². The number of carbonyl (C=O) groups excluding carboxylic acids is 1. The second kappa shape index (κ2) is 9.25. The number of nitrogens with two attached hydrogens (primary N) is 1. The van der Waals surface area contributed by atoms with Gasteiger partial charge in [-0.15, -0.1) is 0 Å². The molecule has 9 nitrogen and oxygen atoms in total. The number of rotatable bonds is 5. The summed E-state index contributed by atoms with van der Waals surface area (Å²) in [5.74, 6) is 1.28. The molecule has 0 aromatic carbocycles. The van der Waals surface area contributed by atoms with Crippen molar-refractivity contribution in [2.45, 2.75) is 32.2 Å². The van der Waals surface area contributed by atoms with Gasteiger partial charge < -0.3 is 16.0 Å². The minimum Gasteiger partial charge on any atom is -0.368 e. The fourth-order valence-electron chi connectivity index (χ4n) is 4.31. The molecule has 2 aliphatic rings. The zero-order valence-electron chi connectivity index (χ0n) is 17.1. The molecule has 2 aromatic heterocycles. The van der Waals surface area contributed by atoms with Gasteiger partial charge in [0.1, 0.15) is 0 Å². The molecule has 0 saturated carbocycles. The molecule has 2 aliphatic heterocycles. The Morgan fingerprint density at radius 3 is 2.20 bits per heavy atom. The standard InChI is InChI=1S/C21H28N8O/c22-18(19-24-6-1-7-25-19)16-4-10-29(11-5-16)20(30)17-2-8-28(9-3-17)14-15-12-26-21(23)27-13-15/h1,6-7,12-13,16-17,22H,2-5,8-11,14H2,(H2,23,26,27). The number of likely N-dealkylation sites (tertiary alicyclic amines) is 2. The first-order chi connectivity index (χ1) is 14.6. The van der Waals surface area contributed by atoms with E-state index in [0.717, 1.165) is 50.9 Å². The molecule has 4 rings (SSSR count). The topological polar surface area (TPSA) is 125 Å². The van der Waals surface area contributed by atoms with Gasteiger partial charge in [0.2, 0.25) is 11.9 Å². The first kappa shape index (κ1) is 20.3. The quantitative estimate of drug-likeness (QED) is 0.716. The van der Waals surface area contributed by atoms with Crippen LogP contribution in [0, 0.1) is 17.2 Å². The molecule has 0 bridgehead atoms. The molecule has 0 spiro atoms. The summed E-state index contributed by atoms with van der Waals surface area (Å²) in [6.07, 6.45) is 10.2. The summed E-state index contributed by atoms with van der Waals surface area (Å²) < 4.78 is 0. The SMILES string of the molecule is N=C(c1ncccn1)C1CCN(C(=O)C2CCN(Cc3cnc(N)nc3)CC2)CC1. The molecule has 1 amide bonds. The summed E-state index contributed by atoms with van der Waals surface area (Å²) in [6.45, 7) is 4.00. The number of carbonyl (C=O) groups is 1. The van der Waals surface area contributed by atoms with Crippen molar-refractivity contribution in [3.63, 3.8) is 0 Å². The van der Waals surface area contributed by atoms with Gasteiger partial charge in [-0.05, 0) is 44.8 Å². The zero-order valence-corrected chi connectivity index (χ0v) is 17.1. The monoisotopic (exact) mass is 408 g/mol. The molecule has 0 unspecified atom stereocenters. The van der Waals surface area contributed by atoms with Crippen LogP contribution in [0.25, 0.3) is 0 Å². The third kappa shape index (κ3) is 4.79. The molecule has 2 aromatic rings. The Hall–Kier alpha value is -2.94. The minimum absolute atomic E-state index is 0.0948. The fraction of sp³-hybridized carbons (Fsp3) is 0.524. The molecule has 158 valence electrons. The van der Waals surface area contributed by atoms with E-state index in [2.05, 4.69) is 24.8 Å². The van der Waals surface area contributed by atoms with E-state index in [1.165, 1.54) is 0 Å². The number of amides is 1. The summed E-state index contributed by atoms with van der Waals surface area (Å²) >= 11 is 0. The lowest BCUT2D eigenvalue weighted by Gasteiger charge is -2.37. The highest BCUT2D eigenvalue weighted by atomic mass is 16.2. The summed E-state index contributed by atoms with van der Waals surface area (Å²) in [7, 11) is 0. The summed E-state index contributed by atoms with van der Waals surface area (Å²) in [5, 5.41) is 8.37. The minimum atomic E-state index is 0.0948. The van der Waals surface area contributed by atoms with Gasteiger partial charge in [0.25, 0.3) is 0 Å². The van der Waals surface area contributed by atoms with Gasteiger partial charge in [0.05, 0.1) is 5.71 Å². The molecule has 30 heavy (non-hydrogen) atoms. The summed E-state index contributed by atoms with van der Waals surface area (Å²) in [4.78, 5) is 33.8. The van der Waals surface area contributed by atoms with Crippen molar-refractivity contribution >= 4 is 17.6 Å². The fourth-order valence-corrected chi connectivity index (χ4v) is 4.31. The van der Waals surface area contributed by atoms with Gasteiger partial charge in [0, 0.05) is 61.8 Å². The van der Waals surface area contributed by atoms with Crippen LogP contribution >= 0.6 is 0 Å². The van der Waals surface area contributed by atoms with Crippen LogP contribution in [0.2, 0.25) is 0 Å². The zero-order chi connectivity index (χ0) is 20.9. The van der Waals surface area contributed by atoms with E-state index in [0.29, 0.717) is 30.6 Å². The summed E-state index contributed by atoms with van der Waals surface area (Å²) in [6, 6.07) is 1.76. The average molecular weight is 409 g/mol. The number of hydrogen-bond acceptors (Lipinski definition) is 8. The maximum absolute atomic E-state index is 13.0. The largest absolute Gasteiger partial charge is 0.368 e. The van der Waals surface area contributed by atoms with Crippen LogP contribution in [-0.2, 0) is 11.3 Å². The Balaban J connectivity index is 1.23. The van der Waals surface area contributed by atoms with E-state index in [4.69, 9.17) is 11.1 Å². The Labute approximate surface area is 176 Å². The van der Waals surface area contributed by atoms with Crippen LogP contribution in [0.3, 0.4) is 0 Å². The second-order valence-electron chi connectivity index (χ2n) is 8.09. The van der Waals surface area contributed by atoms with Crippen molar-refractivity contribution in [2.75, 3.05) is 31.9 Å². The first-order valence-electron chi connectivity index (χ1n) is 10.5. The van der Waals surface area contributed by atoms with E-state index < -0.39 is 0 Å². The maximum Gasteiger partial charge on any atom is 0.225 e. The maximum atomic E-state index is 13.0. The van der Waals surface area contributed by atoms with Gasteiger partial charge in [0.15, 0.2) is 5.82 Å². The van der Waals surface area contributed by atoms with Gasteiger partial charge >= 0.3 is 0 Å². The Kier molecular flexibility index (Phi) is 6.27. The number of hydrogen-bond donors (Lipinski definition) is 2. The smallest absolute Gasteiger partial charge is 0.225 e. The molecule has 0 atom stereocenters. The number of nitrogen functional groups attached to an aromatic ring is 1. The van der Waals surface area contributed by atoms with Gasteiger partial charge in [-0.25, -0.2) is 19.9 Å². The Morgan fingerprint density at radius 2 is 1.57 bits per heavy atom. The van der Waals surface area contributed by atoms with Crippen molar-refractivity contribution < 1.29 is 4.79 Å². The van der Waals surface area contributed by atoms with E-state index in [1.54, 1.807) is 30.9 Å². The van der Waals surface area contributed by atoms with Gasteiger partial charge in [-0.2, -0.15) is 0 Å². The number of aromatic nitrogens is 4. The van der Waals surface area contributed by atoms with Gasteiger partial charge in [-0.1, -0.05) is 0 Å². The molecule has 9 heteroatoms. The average Bonchev–Trinajstić information content (AvgIpc) is 2.81. The predicted octanol–water partition coefficient (Wildman–Crippen LogP) is 1.37. The predicted molar refractivity (Wildman–Crippen MR) is 113 cm³/mol. The lowest BCUT2D eigenvalue weighted by atomic mass is 9.89. The van der Waals surface area contributed by atoms with Crippen LogP contribution < -0.4 is 5.73 Å². The van der Waals surface area contributed by atoms with Crippen LogP contribution in [0.5, 0.6) is 0 Å². The molecule has 2 saturated heterocycles. The van der Waals surface area contributed by atoms with Crippen molar-refractivity contribution in [3.8, 4) is 0 Å². The highest BCUT2D eigenvalue weighted by Gasteiger charge is 2.32. The van der Waals surface area contributed by atoms with E-state index >= 15 is 0 Å². The van der Waals surface area contributed by atoms with Crippen molar-refractivity contribution in [1.29, 1.82) is 5.41 Å². The molecular formula is C21H28N8O. The van der Waals surface area contributed by atoms with E-state index in [1.807, 2.05) is 4.90 Å². The van der Waals surface area contributed by atoms with Crippen LogP contribution in [0.4, 0.5) is 5.95 Å². The Morgan fingerprint density at radius 1 is 0.967 bits per heavy atom. The lowest BCUT2D eigenvalue weighted by Crippen LogP contribution is -2.46. The number of nitrogens with zero attached hydrogens (tertiary/aromatic N) is 6.